The molecule has 0 bridgehead atoms. The second-order valence-corrected chi connectivity index (χ2v) is 6.04. The van der Waals surface area contributed by atoms with Gasteiger partial charge in [0.25, 0.3) is 5.91 Å². The van der Waals surface area contributed by atoms with Crippen LogP contribution in [-0.4, -0.2) is 57.7 Å². The summed E-state index contributed by atoms with van der Waals surface area (Å²) in [5.41, 5.74) is 1.43. The highest BCUT2D eigenvalue weighted by atomic mass is 16.2. The maximum Gasteiger partial charge on any atom is 0.272 e. The molecule has 3 rings (SSSR count). The van der Waals surface area contributed by atoms with Gasteiger partial charge in [0.1, 0.15) is 5.70 Å². The van der Waals surface area contributed by atoms with Crippen LogP contribution in [0.25, 0.3) is 11.8 Å². The maximum atomic E-state index is 13.1. The fourth-order valence-corrected chi connectivity index (χ4v) is 3.01. The normalized spacial score (nSPS) is 18.2. The summed E-state index contributed by atoms with van der Waals surface area (Å²) in [7, 11) is 1.94. The van der Waals surface area contributed by atoms with Crippen LogP contribution in [0.2, 0.25) is 0 Å². The average Bonchev–Trinajstić information content (AvgIpc) is 3.23. The van der Waals surface area contributed by atoms with Crippen LogP contribution >= 0.6 is 0 Å². The molecule has 1 atom stereocenters. The minimum Gasteiger partial charge on any atom is -0.337 e. The highest BCUT2D eigenvalue weighted by molar-refractivity contribution is 6.18. The molecule has 7 nitrogen and oxygen atoms in total. The number of carbonyl (C=O) groups is 1. The Morgan fingerprint density at radius 3 is 2.83 bits per heavy atom. The summed E-state index contributed by atoms with van der Waals surface area (Å²) >= 11 is 0. The van der Waals surface area contributed by atoms with Crippen molar-refractivity contribution < 1.29 is 4.79 Å². The van der Waals surface area contributed by atoms with E-state index in [0.717, 1.165) is 31.6 Å². The molecule has 24 heavy (non-hydrogen) atoms. The third-order valence-corrected chi connectivity index (χ3v) is 4.24. The second-order valence-electron chi connectivity index (χ2n) is 6.04. The van der Waals surface area contributed by atoms with Crippen molar-refractivity contribution in [2.24, 2.45) is 5.92 Å². The number of hydrogen-bond donors (Lipinski definition) is 1. The molecule has 1 unspecified atom stereocenters. The first-order valence-corrected chi connectivity index (χ1v) is 8.15. The molecule has 1 fully saturated rings. The van der Waals surface area contributed by atoms with E-state index in [-0.39, 0.29) is 5.91 Å². The maximum absolute atomic E-state index is 13.1. The van der Waals surface area contributed by atoms with Crippen LogP contribution in [0.1, 0.15) is 17.8 Å². The van der Waals surface area contributed by atoms with Gasteiger partial charge in [-0.15, -0.1) is 5.10 Å². The Hall–Kier alpha value is -2.54. The highest BCUT2D eigenvalue weighted by Crippen LogP contribution is 2.21. The first-order valence-electron chi connectivity index (χ1n) is 8.15. The van der Waals surface area contributed by atoms with Gasteiger partial charge in [-0.1, -0.05) is 30.3 Å². The van der Waals surface area contributed by atoms with E-state index in [1.165, 1.54) is 4.68 Å². The average molecular weight is 326 g/mol. The molecule has 1 aliphatic rings. The zero-order chi connectivity index (χ0) is 16.9. The lowest BCUT2D eigenvalue weighted by Gasteiger charge is -2.18. The minimum atomic E-state index is -0.0344. The first-order chi connectivity index (χ1) is 11.7. The van der Waals surface area contributed by atoms with E-state index in [4.69, 9.17) is 0 Å². The van der Waals surface area contributed by atoms with Gasteiger partial charge in [0.05, 0.1) is 0 Å². The Bertz CT molecular complexity index is 724. The molecular weight excluding hydrogens is 304 g/mol. The topological polar surface area (TPSA) is 75.9 Å². The minimum absolute atomic E-state index is 0.0344. The lowest BCUT2D eigenvalue weighted by Crippen LogP contribution is -2.32. The number of likely N-dealkylation sites (tertiary alicyclic amines) is 1. The number of tetrazole rings is 1. The predicted molar refractivity (Wildman–Crippen MR) is 91.8 cm³/mol. The van der Waals surface area contributed by atoms with Crippen LogP contribution in [0.4, 0.5) is 0 Å². The van der Waals surface area contributed by atoms with Crippen LogP contribution in [0.3, 0.4) is 0 Å². The summed E-state index contributed by atoms with van der Waals surface area (Å²) in [5, 5.41) is 14.8. The fourth-order valence-electron chi connectivity index (χ4n) is 3.01. The molecule has 0 saturated carbocycles. The Morgan fingerprint density at radius 1 is 1.38 bits per heavy atom. The molecule has 0 spiro atoms. The smallest absolute Gasteiger partial charge is 0.272 e. The molecule has 2 heterocycles. The molecule has 126 valence electrons. The van der Waals surface area contributed by atoms with Gasteiger partial charge in [-0.25, -0.2) is 0 Å². The quantitative estimate of drug-likeness (QED) is 0.831. The van der Waals surface area contributed by atoms with Crippen LogP contribution in [0.15, 0.2) is 30.3 Å². The molecule has 1 amide bonds. The Labute approximate surface area is 141 Å². The van der Waals surface area contributed by atoms with Gasteiger partial charge in [0.2, 0.25) is 0 Å². The molecule has 1 aromatic heterocycles. The van der Waals surface area contributed by atoms with E-state index in [2.05, 4.69) is 20.8 Å². The molecule has 0 radical (unpaired) electrons. The number of benzene rings is 1. The van der Waals surface area contributed by atoms with Crippen molar-refractivity contribution in [2.75, 3.05) is 26.7 Å². The second kappa shape index (κ2) is 7.35. The lowest BCUT2D eigenvalue weighted by molar-refractivity contribution is -0.124. The van der Waals surface area contributed by atoms with E-state index in [0.29, 0.717) is 17.4 Å². The van der Waals surface area contributed by atoms with Gasteiger partial charge in [0, 0.05) is 13.1 Å². The number of aromatic nitrogens is 4. The van der Waals surface area contributed by atoms with Crippen LogP contribution < -0.4 is 5.32 Å². The summed E-state index contributed by atoms with van der Waals surface area (Å²) in [5.74, 6) is 1.05. The van der Waals surface area contributed by atoms with Gasteiger partial charge in [-0.05, 0) is 54.9 Å². The van der Waals surface area contributed by atoms with Gasteiger partial charge >= 0.3 is 0 Å². The van der Waals surface area contributed by atoms with Crippen molar-refractivity contribution in [3.05, 3.63) is 41.7 Å². The lowest BCUT2D eigenvalue weighted by atomic mass is 10.1. The number of hydrogen-bond acceptors (Lipinski definition) is 5. The summed E-state index contributed by atoms with van der Waals surface area (Å²) in [6.45, 7) is 4.23. The Kier molecular flexibility index (Phi) is 5.00. The highest BCUT2D eigenvalue weighted by Gasteiger charge is 2.29. The SMILES string of the molecule is CNCC1CCN(C(=O)/C(=C/c2ccccc2)n2nnnc2C)C1. The van der Waals surface area contributed by atoms with Crippen molar-refractivity contribution in [2.45, 2.75) is 13.3 Å². The molecule has 1 N–H and O–H groups in total. The summed E-state index contributed by atoms with van der Waals surface area (Å²) < 4.78 is 1.51. The zero-order valence-electron chi connectivity index (χ0n) is 14.0. The van der Waals surface area contributed by atoms with Gasteiger partial charge in [-0.3, -0.25) is 4.79 Å². The standard InChI is InChI=1S/C17H22N6O/c1-13-19-20-21-23(13)16(10-14-6-4-3-5-7-14)17(24)22-9-8-15(12-22)11-18-2/h3-7,10,15,18H,8-9,11-12H2,1-2H3/b16-10-. The summed E-state index contributed by atoms with van der Waals surface area (Å²) in [6.07, 6.45) is 2.86. The van der Waals surface area contributed by atoms with Crippen molar-refractivity contribution in [3.63, 3.8) is 0 Å². The third kappa shape index (κ3) is 3.51. The van der Waals surface area contributed by atoms with E-state index >= 15 is 0 Å². The number of nitrogens with one attached hydrogen (secondary N) is 1. The van der Waals surface area contributed by atoms with Gasteiger partial charge in [0.15, 0.2) is 5.82 Å². The molecule has 1 aliphatic heterocycles. The molecule has 0 aliphatic carbocycles. The predicted octanol–water partition coefficient (Wildman–Crippen LogP) is 1.05. The molecule has 2 aromatic rings. The van der Waals surface area contributed by atoms with Crippen LogP contribution in [-0.2, 0) is 4.79 Å². The Balaban J connectivity index is 1.90. The number of rotatable bonds is 5. The van der Waals surface area contributed by atoms with Crippen molar-refractivity contribution >= 4 is 17.7 Å². The van der Waals surface area contributed by atoms with Crippen LogP contribution in [0, 0.1) is 12.8 Å². The molecule has 7 heteroatoms. The van der Waals surface area contributed by atoms with Crippen molar-refractivity contribution in [3.8, 4) is 0 Å². The zero-order valence-corrected chi connectivity index (χ0v) is 14.0. The molecular formula is C17H22N6O. The van der Waals surface area contributed by atoms with Crippen LogP contribution in [0.5, 0.6) is 0 Å². The van der Waals surface area contributed by atoms with Crippen molar-refractivity contribution in [1.29, 1.82) is 0 Å². The fraction of sp³-hybridized carbons (Fsp3) is 0.412. The summed E-state index contributed by atoms with van der Waals surface area (Å²) in [4.78, 5) is 15.0. The first kappa shape index (κ1) is 16.3. The largest absolute Gasteiger partial charge is 0.337 e. The molecule has 1 saturated heterocycles. The number of aryl methyl sites for hydroxylation is 1. The molecule has 1 aromatic carbocycles. The van der Waals surface area contributed by atoms with Crippen molar-refractivity contribution in [1.82, 2.24) is 30.4 Å². The van der Waals surface area contributed by atoms with E-state index in [9.17, 15) is 4.79 Å². The van der Waals surface area contributed by atoms with Gasteiger partial charge < -0.3 is 10.2 Å². The van der Waals surface area contributed by atoms with E-state index < -0.39 is 0 Å². The van der Waals surface area contributed by atoms with E-state index in [1.54, 1.807) is 6.92 Å². The third-order valence-electron chi connectivity index (χ3n) is 4.24. The van der Waals surface area contributed by atoms with E-state index in [1.807, 2.05) is 48.4 Å². The number of carbonyl (C=O) groups excluding carboxylic acids is 1. The van der Waals surface area contributed by atoms with Gasteiger partial charge in [-0.2, -0.15) is 4.68 Å². The number of nitrogens with zero attached hydrogens (tertiary/aromatic N) is 5. The summed E-state index contributed by atoms with van der Waals surface area (Å²) in [6, 6.07) is 9.75. The monoisotopic (exact) mass is 326 g/mol. The Morgan fingerprint density at radius 2 is 2.17 bits per heavy atom. The number of amides is 1.